The fourth-order valence-corrected chi connectivity index (χ4v) is 7.49. The Morgan fingerprint density at radius 3 is 2.38 bits per heavy atom. The Morgan fingerprint density at radius 1 is 0.911 bits per heavy atom. The van der Waals surface area contributed by atoms with Crippen molar-refractivity contribution in [1.29, 1.82) is 5.26 Å². The maximum Gasteiger partial charge on any atom is 0.269 e. The number of nitriles is 1. The Labute approximate surface area is 261 Å². The largest absolute Gasteiger partial charge is 0.489 e. The highest BCUT2D eigenvalue weighted by molar-refractivity contribution is 7.90. The second kappa shape index (κ2) is 12.3. The van der Waals surface area contributed by atoms with Crippen LogP contribution in [0, 0.1) is 11.3 Å². The van der Waals surface area contributed by atoms with Gasteiger partial charge in [0, 0.05) is 29.7 Å². The van der Waals surface area contributed by atoms with Crippen molar-refractivity contribution in [1.82, 2.24) is 19.3 Å². The van der Waals surface area contributed by atoms with Crippen molar-refractivity contribution < 1.29 is 17.9 Å². The van der Waals surface area contributed by atoms with Gasteiger partial charge in [0.1, 0.15) is 24.3 Å². The maximum atomic E-state index is 14.2. The van der Waals surface area contributed by atoms with Crippen molar-refractivity contribution >= 4 is 26.7 Å². The van der Waals surface area contributed by atoms with Crippen molar-refractivity contribution in [3.63, 3.8) is 0 Å². The highest BCUT2D eigenvalue weighted by Gasteiger charge is 2.27. The summed E-state index contributed by atoms with van der Waals surface area (Å²) in [4.78, 5) is 11.5. The molecule has 11 heteroatoms. The van der Waals surface area contributed by atoms with Crippen LogP contribution >= 0.6 is 0 Å². The second-order valence-electron chi connectivity index (χ2n) is 11.1. The van der Waals surface area contributed by atoms with E-state index in [0.717, 1.165) is 50.3 Å². The molecule has 3 aromatic carbocycles. The number of ether oxygens (including phenoxy) is 2. The summed E-state index contributed by atoms with van der Waals surface area (Å²) in [7, 11) is -4.04. The zero-order chi connectivity index (χ0) is 30.8. The lowest BCUT2D eigenvalue weighted by molar-refractivity contribution is 0.122. The molecule has 7 rings (SSSR count). The smallest absolute Gasteiger partial charge is 0.269 e. The Morgan fingerprint density at radius 2 is 1.64 bits per heavy atom. The third kappa shape index (κ3) is 5.64. The average molecular weight is 621 g/mol. The van der Waals surface area contributed by atoms with Crippen LogP contribution in [0.25, 0.3) is 33.5 Å². The summed E-state index contributed by atoms with van der Waals surface area (Å²) in [5.74, 6) is 0.531. The zero-order valence-corrected chi connectivity index (χ0v) is 25.4. The minimum Gasteiger partial charge on any atom is -0.489 e. The van der Waals surface area contributed by atoms with Crippen LogP contribution in [-0.4, -0.2) is 67.9 Å². The van der Waals surface area contributed by atoms with E-state index in [1.54, 1.807) is 42.5 Å². The fourth-order valence-electron chi connectivity index (χ4n) is 5.99. The molecule has 5 aromatic rings. The van der Waals surface area contributed by atoms with E-state index in [1.165, 1.54) is 10.3 Å². The van der Waals surface area contributed by atoms with Crippen LogP contribution in [0.2, 0.25) is 0 Å². The van der Waals surface area contributed by atoms with Gasteiger partial charge in [0.15, 0.2) is 5.65 Å². The molecule has 0 spiro atoms. The van der Waals surface area contributed by atoms with E-state index < -0.39 is 10.0 Å². The molecule has 0 amide bonds. The second-order valence-corrected chi connectivity index (χ2v) is 12.9. The number of anilines is 1. The van der Waals surface area contributed by atoms with Gasteiger partial charge in [-0.1, -0.05) is 30.3 Å². The van der Waals surface area contributed by atoms with Gasteiger partial charge in [-0.25, -0.2) is 22.4 Å². The quantitative estimate of drug-likeness (QED) is 0.272. The van der Waals surface area contributed by atoms with Gasteiger partial charge in [-0.15, -0.1) is 0 Å². The Bertz CT molecular complexity index is 1980. The molecule has 2 saturated heterocycles. The fraction of sp³-hybridized carbons (Fsp3) is 0.265. The van der Waals surface area contributed by atoms with Gasteiger partial charge in [0.25, 0.3) is 10.0 Å². The molecule has 0 atom stereocenters. The number of morpholine rings is 1. The van der Waals surface area contributed by atoms with Crippen LogP contribution in [0.1, 0.15) is 18.4 Å². The molecule has 2 aromatic heterocycles. The summed E-state index contributed by atoms with van der Waals surface area (Å²) in [6.45, 7) is 4.70. The lowest BCUT2D eigenvalue weighted by Gasteiger charge is -2.28. The van der Waals surface area contributed by atoms with Gasteiger partial charge < -0.3 is 19.7 Å². The van der Waals surface area contributed by atoms with Crippen molar-refractivity contribution in [2.75, 3.05) is 44.3 Å². The van der Waals surface area contributed by atoms with Crippen molar-refractivity contribution in [2.45, 2.75) is 23.8 Å². The number of nitrogens with zero attached hydrogens (tertiary/aromatic N) is 5. The van der Waals surface area contributed by atoms with Crippen molar-refractivity contribution in [2.24, 2.45) is 0 Å². The van der Waals surface area contributed by atoms with E-state index in [2.05, 4.69) is 26.3 Å². The number of piperidine rings is 1. The molecule has 4 heterocycles. The topological polar surface area (TPSA) is 122 Å². The van der Waals surface area contributed by atoms with Crippen molar-refractivity contribution in [3.05, 3.63) is 90.8 Å². The highest BCUT2D eigenvalue weighted by Crippen LogP contribution is 2.37. The summed E-state index contributed by atoms with van der Waals surface area (Å²) in [5.41, 5.74) is 4.08. The average Bonchev–Trinajstić information content (AvgIpc) is 3.51. The monoisotopic (exact) mass is 620 g/mol. The molecular weight excluding hydrogens is 588 g/mol. The molecule has 228 valence electrons. The molecular formula is C34H32N6O4S. The molecule has 0 bridgehead atoms. The predicted molar refractivity (Wildman–Crippen MR) is 172 cm³/mol. The Balaban J connectivity index is 1.35. The van der Waals surface area contributed by atoms with E-state index in [4.69, 9.17) is 9.47 Å². The summed E-state index contributed by atoms with van der Waals surface area (Å²) in [5, 5.41) is 13.9. The van der Waals surface area contributed by atoms with E-state index in [0.29, 0.717) is 46.9 Å². The van der Waals surface area contributed by atoms with Gasteiger partial charge in [0.2, 0.25) is 0 Å². The third-order valence-corrected chi connectivity index (χ3v) is 10.0. The van der Waals surface area contributed by atoms with Crippen LogP contribution in [-0.2, 0) is 14.8 Å². The SMILES string of the molecule is N#Cc1cc(-c2ncnc3c2cc(-c2ccc(N4CCOCC4)cc2)n3S(=O)(=O)c2ccccc2)ccc1OC1CCNCC1. The molecule has 0 radical (unpaired) electrons. The number of benzene rings is 3. The van der Waals surface area contributed by atoms with Crippen LogP contribution in [0.5, 0.6) is 5.75 Å². The Hall–Kier alpha value is -4.76. The molecule has 10 nitrogen and oxygen atoms in total. The first kappa shape index (κ1) is 29.0. The van der Waals surface area contributed by atoms with E-state index in [1.807, 2.05) is 36.4 Å². The zero-order valence-electron chi connectivity index (χ0n) is 24.6. The minimum atomic E-state index is -4.04. The molecule has 2 fully saturated rings. The van der Waals surface area contributed by atoms with Gasteiger partial charge >= 0.3 is 0 Å². The van der Waals surface area contributed by atoms with Crippen LogP contribution in [0.15, 0.2) is 90.1 Å². The lowest BCUT2D eigenvalue weighted by atomic mass is 10.0. The highest BCUT2D eigenvalue weighted by atomic mass is 32.2. The number of hydrogen-bond donors (Lipinski definition) is 1. The Kier molecular flexibility index (Phi) is 7.94. The summed E-state index contributed by atoms with van der Waals surface area (Å²) < 4.78 is 41.4. The molecule has 2 aliphatic rings. The molecule has 0 unspecified atom stereocenters. The standard InChI is InChI=1S/C34H32N6O4S/c35-22-26-20-25(8-11-32(26)44-28-12-14-36-15-13-28)33-30-21-31(24-6-9-27(10-7-24)39-16-18-43-19-17-39)40(34(30)38-23-37-33)45(41,42)29-4-2-1-3-5-29/h1-11,20-21,23,28,36H,12-19H2. The number of fused-ring (bicyclic) bond motifs is 1. The molecule has 0 aliphatic carbocycles. The van der Waals surface area contributed by atoms with Crippen LogP contribution < -0.4 is 15.0 Å². The number of rotatable bonds is 7. The van der Waals surface area contributed by atoms with E-state index in [9.17, 15) is 13.7 Å². The number of nitrogens with one attached hydrogen (secondary N) is 1. The van der Waals surface area contributed by atoms with Gasteiger partial charge in [-0.3, -0.25) is 0 Å². The molecule has 2 aliphatic heterocycles. The molecule has 1 N–H and O–H groups in total. The third-order valence-electron chi connectivity index (χ3n) is 8.33. The summed E-state index contributed by atoms with van der Waals surface area (Å²) >= 11 is 0. The lowest BCUT2D eigenvalue weighted by Crippen LogP contribution is -2.36. The number of aromatic nitrogens is 3. The molecule has 45 heavy (non-hydrogen) atoms. The van der Waals surface area contributed by atoms with E-state index in [-0.39, 0.29) is 16.6 Å². The first-order chi connectivity index (χ1) is 22.0. The predicted octanol–water partition coefficient (Wildman–Crippen LogP) is 4.84. The first-order valence-electron chi connectivity index (χ1n) is 15.0. The summed E-state index contributed by atoms with van der Waals surface area (Å²) in [6, 6.07) is 25.7. The van der Waals surface area contributed by atoms with Crippen molar-refractivity contribution in [3.8, 4) is 34.3 Å². The normalized spacial score (nSPS) is 16.0. The minimum absolute atomic E-state index is 0.0457. The summed E-state index contributed by atoms with van der Waals surface area (Å²) in [6.07, 6.45) is 3.16. The first-order valence-corrected chi connectivity index (χ1v) is 16.5. The van der Waals surface area contributed by atoms with Gasteiger partial charge in [-0.2, -0.15) is 5.26 Å². The number of hydrogen-bond acceptors (Lipinski definition) is 9. The van der Waals surface area contributed by atoms with Gasteiger partial charge in [-0.05, 0) is 80.0 Å². The van der Waals surface area contributed by atoms with Gasteiger partial charge in [0.05, 0.1) is 35.1 Å². The van der Waals surface area contributed by atoms with Crippen LogP contribution in [0.4, 0.5) is 5.69 Å². The molecule has 0 saturated carbocycles. The van der Waals surface area contributed by atoms with Crippen LogP contribution in [0.3, 0.4) is 0 Å². The van der Waals surface area contributed by atoms with E-state index >= 15 is 0 Å². The maximum absolute atomic E-state index is 14.2.